The molecule has 5 heteroatoms. The molecule has 4 rings (SSSR count). The van der Waals surface area contributed by atoms with Crippen LogP contribution in [0.5, 0.6) is 5.75 Å². The summed E-state index contributed by atoms with van der Waals surface area (Å²) in [4.78, 5) is 20.2. The number of halogens is 1. The van der Waals surface area contributed by atoms with Crippen molar-refractivity contribution < 1.29 is 13.9 Å². The highest BCUT2D eigenvalue weighted by Gasteiger charge is 2.44. The number of aromatic nitrogens is 1. The summed E-state index contributed by atoms with van der Waals surface area (Å²) in [6.45, 7) is 4.99. The van der Waals surface area contributed by atoms with Crippen LogP contribution in [0.1, 0.15) is 36.7 Å². The third-order valence-corrected chi connectivity index (χ3v) is 5.86. The molecule has 1 aliphatic rings. The molecule has 32 heavy (non-hydrogen) atoms. The van der Waals surface area contributed by atoms with E-state index >= 15 is 4.39 Å². The lowest BCUT2D eigenvalue weighted by Crippen LogP contribution is -2.49. The average molecular weight is 431 g/mol. The van der Waals surface area contributed by atoms with E-state index in [-0.39, 0.29) is 5.78 Å². The second kappa shape index (κ2) is 9.05. The Balaban J connectivity index is 1.87. The summed E-state index contributed by atoms with van der Waals surface area (Å²) >= 11 is 0. The van der Waals surface area contributed by atoms with Crippen LogP contribution in [-0.4, -0.2) is 29.3 Å². The minimum atomic E-state index is -0.616. The van der Waals surface area contributed by atoms with Crippen molar-refractivity contribution >= 4 is 11.9 Å². The molecule has 3 aromatic rings. The molecule has 0 saturated carbocycles. The number of rotatable bonds is 5. The number of piperidine rings is 1. The highest BCUT2D eigenvalue weighted by Crippen LogP contribution is 2.43. The Kier molecular flexibility index (Phi) is 6.19. The third kappa shape index (κ3) is 4.48. The van der Waals surface area contributed by atoms with Gasteiger partial charge < -0.3 is 4.74 Å². The average Bonchev–Trinajstić information content (AvgIpc) is 2.79. The Morgan fingerprint density at radius 2 is 1.88 bits per heavy atom. The maximum atomic E-state index is 15.3. The van der Waals surface area contributed by atoms with Crippen molar-refractivity contribution in [1.29, 1.82) is 0 Å². The van der Waals surface area contributed by atoms with Gasteiger partial charge in [0, 0.05) is 41.9 Å². The van der Waals surface area contributed by atoms with E-state index in [1.54, 1.807) is 24.4 Å². The number of nitrogens with zero attached hydrogens (tertiary/aromatic N) is 2. The number of likely N-dealkylation sites (tertiary alicyclic amines) is 1. The van der Waals surface area contributed by atoms with Crippen molar-refractivity contribution in [2.24, 2.45) is 5.41 Å². The molecular formula is C27H27FN2O2. The second-order valence-corrected chi connectivity index (χ2v) is 8.75. The SMILES string of the molecule is COc1ccc(C2/C(=C\c3ccccn3)C(=O)C(C)(C)CN2Cc2ccccc2)c(F)c1. The lowest BCUT2D eigenvalue weighted by molar-refractivity contribution is -0.128. The summed E-state index contributed by atoms with van der Waals surface area (Å²) in [5, 5.41) is 0. The second-order valence-electron chi connectivity index (χ2n) is 8.75. The summed E-state index contributed by atoms with van der Waals surface area (Å²) in [7, 11) is 1.51. The normalized spacial score (nSPS) is 19.8. The molecule has 0 bridgehead atoms. The summed E-state index contributed by atoms with van der Waals surface area (Å²) in [6.07, 6.45) is 3.49. The molecule has 0 spiro atoms. The lowest BCUT2D eigenvalue weighted by Gasteiger charge is -2.44. The minimum absolute atomic E-state index is 0.00711. The molecule has 1 unspecified atom stereocenters. The zero-order valence-electron chi connectivity index (χ0n) is 18.6. The van der Waals surface area contributed by atoms with Gasteiger partial charge in [-0.3, -0.25) is 14.7 Å². The van der Waals surface area contributed by atoms with Crippen molar-refractivity contribution in [1.82, 2.24) is 9.88 Å². The molecule has 0 N–H and O–H groups in total. The van der Waals surface area contributed by atoms with Crippen LogP contribution in [0.3, 0.4) is 0 Å². The topological polar surface area (TPSA) is 42.4 Å². The van der Waals surface area contributed by atoms with Crippen LogP contribution in [0.4, 0.5) is 4.39 Å². The molecule has 1 fully saturated rings. The van der Waals surface area contributed by atoms with E-state index in [1.807, 2.05) is 62.4 Å². The fraction of sp³-hybridized carbons (Fsp3) is 0.259. The zero-order valence-corrected chi connectivity index (χ0v) is 18.6. The monoisotopic (exact) mass is 430 g/mol. The van der Waals surface area contributed by atoms with Gasteiger partial charge in [0.2, 0.25) is 0 Å². The number of carbonyl (C=O) groups is 1. The van der Waals surface area contributed by atoms with Crippen LogP contribution in [0, 0.1) is 11.2 Å². The highest BCUT2D eigenvalue weighted by molar-refractivity contribution is 6.05. The van der Waals surface area contributed by atoms with E-state index in [1.165, 1.54) is 13.2 Å². The van der Waals surface area contributed by atoms with Gasteiger partial charge in [0.1, 0.15) is 11.6 Å². The van der Waals surface area contributed by atoms with Gasteiger partial charge in [0.25, 0.3) is 0 Å². The number of ether oxygens (including phenoxy) is 1. The van der Waals surface area contributed by atoms with Crippen molar-refractivity contribution in [3.8, 4) is 5.75 Å². The minimum Gasteiger partial charge on any atom is -0.497 e. The van der Waals surface area contributed by atoms with Crippen molar-refractivity contribution in [2.75, 3.05) is 13.7 Å². The molecule has 1 atom stereocenters. The van der Waals surface area contributed by atoms with Gasteiger partial charge in [-0.15, -0.1) is 0 Å². The van der Waals surface area contributed by atoms with Crippen LogP contribution in [0.15, 0.2) is 78.5 Å². The molecule has 4 nitrogen and oxygen atoms in total. The Morgan fingerprint density at radius 1 is 1.12 bits per heavy atom. The molecule has 0 radical (unpaired) electrons. The number of ketones is 1. The maximum absolute atomic E-state index is 15.3. The van der Waals surface area contributed by atoms with Gasteiger partial charge >= 0.3 is 0 Å². The number of pyridine rings is 1. The molecule has 1 aromatic heterocycles. The first-order chi connectivity index (χ1) is 15.4. The van der Waals surface area contributed by atoms with Gasteiger partial charge in [0.05, 0.1) is 18.8 Å². The fourth-order valence-corrected chi connectivity index (χ4v) is 4.33. The molecule has 2 aromatic carbocycles. The van der Waals surface area contributed by atoms with Crippen LogP contribution in [0.25, 0.3) is 6.08 Å². The van der Waals surface area contributed by atoms with Crippen LogP contribution in [-0.2, 0) is 11.3 Å². The zero-order chi connectivity index (χ0) is 22.7. The molecular weight excluding hydrogens is 403 g/mol. The number of methoxy groups -OCH3 is 1. The lowest BCUT2D eigenvalue weighted by atomic mass is 9.74. The number of carbonyl (C=O) groups excluding carboxylic acids is 1. The van der Waals surface area contributed by atoms with Crippen LogP contribution >= 0.6 is 0 Å². The first kappa shape index (κ1) is 21.9. The van der Waals surface area contributed by atoms with Crippen LogP contribution in [0.2, 0.25) is 0 Å². The first-order valence-electron chi connectivity index (χ1n) is 10.7. The van der Waals surface area contributed by atoms with E-state index in [0.717, 1.165) is 5.56 Å². The smallest absolute Gasteiger partial charge is 0.167 e. The summed E-state index contributed by atoms with van der Waals surface area (Å²) in [6, 6.07) is 19.9. The molecule has 1 aliphatic heterocycles. The van der Waals surface area contributed by atoms with E-state index in [4.69, 9.17) is 4.74 Å². The maximum Gasteiger partial charge on any atom is 0.167 e. The summed E-state index contributed by atoms with van der Waals surface area (Å²) < 4.78 is 20.5. The summed E-state index contributed by atoms with van der Waals surface area (Å²) in [5.74, 6) is 0.0538. The number of hydrogen-bond acceptors (Lipinski definition) is 4. The largest absolute Gasteiger partial charge is 0.497 e. The van der Waals surface area contributed by atoms with E-state index in [2.05, 4.69) is 9.88 Å². The number of Topliss-reactive ketones (excluding diaryl/α,β-unsaturated/α-hetero) is 1. The van der Waals surface area contributed by atoms with Gasteiger partial charge in [-0.2, -0.15) is 0 Å². The van der Waals surface area contributed by atoms with E-state index < -0.39 is 17.3 Å². The van der Waals surface area contributed by atoms with Crippen LogP contribution < -0.4 is 4.74 Å². The van der Waals surface area contributed by atoms with Gasteiger partial charge in [-0.05, 0) is 29.8 Å². The van der Waals surface area contributed by atoms with Crippen molar-refractivity contribution in [2.45, 2.75) is 26.4 Å². The Labute approximate surface area is 188 Å². The summed E-state index contributed by atoms with van der Waals surface area (Å²) in [5.41, 5.74) is 2.16. The number of benzene rings is 2. The van der Waals surface area contributed by atoms with Gasteiger partial charge in [0.15, 0.2) is 5.78 Å². The third-order valence-electron chi connectivity index (χ3n) is 5.86. The van der Waals surface area contributed by atoms with E-state index in [0.29, 0.717) is 35.7 Å². The van der Waals surface area contributed by atoms with E-state index in [9.17, 15) is 4.79 Å². The molecule has 0 aliphatic carbocycles. The van der Waals surface area contributed by atoms with Crippen molar-refractivity contribution in [3.63, 3.8) is 0 Å². The Hall–Kier alpha value is -3.31. The standard InChI is InChI=1S/C27H27FN2O2/c1-27(2)18-30(17-19-9-5-4-6-10-19)25(22-13-12-21(32-3)16-24(22)28)23(26(27)31)15-20-11-7-8-14-29-20/h4-16,25H,17-18H2,1-3H3/b23-15+. The highest BCUT2D eigenvalue weighted by atomic mass is 19.1. The van der Waals surface area contributed by atoms with Gasteiger partial charge in [-0.25, -0.2) is 4.39 Å². The predicted octanol–water partition coefficient (Wildman–Crippen LogP) is 5.47. The molecule has 0 amide bonds. The Bertz CT molecular complexity index is 1130. The first-order valence-corrected chi connectivity index (χ1v) is 10.7. The predicted molar refractivity (Wildman–Crippen MR) is 124 cm³/mol. The molecule has 2 heterocycles. The number of hydrogen-bond donors (Lipinski definition) is 0. The van der Waals surface area contributed by atoms with Crippen molar-refractivity contribution in [3.05, 3.63) is 101 Å². The quantitative estimate of drug-likeness (QED) is 0.504. The van der Waals surface area contributed by atoms with Gasteiger partial charge in [-0.1, -0.05) is 56.3 Å². The molecule has 164 valence electrons. The molecule has 1 saturated heterocycles. The fourth-order valence-electron chi connectivity index (χ4n) is 4.33. The Morgan fingerprint density at radius 3 is 2.53 bits per heavy atom.